The zero-order valence-electron chi connectivity index (χ0n) is 26.3. The van der Waals surface area contributed by atoms with E-state index in [0.717, 1.165) is 82.0 Å². The second kappa shape index (κ2) is 13.0. The molecule has 250 valence electrons. The largest absolute Gasteiger partial charge is 0.508 e. The number of halogens is 6. The number of phenols is 1. The molecule has 3 fully saturated rings. The van der Waals surface area contributed by atoms with Gasteiger partial charge in [-0.3, -0.25) is 0 Å². The van der Waals surface area contributed by atoms with Crippen LogP contribution in [0.25, 0.3) is 0 Å². The lowest BCUT2D eigenvalue weighted by atomic mass is 9.50. The minimum atomic E-state index is -5.47. The second-order valence-electron chi connectivity index (χ2n) is 15.0. The first kappa shape index (κ1) is 33.9. The molecule has 9 heteroatoms. The molecule has 44 heavy (non-hydrogen) atoms. The number of benzene rings is 1. The zero-order chi connectivity index (χ0) is 31.9. The number of alkyl halides is 6. The molecule has 0 bridgehead atoms. The summed E-state index contributed by atoms with van der Waals surface area (Å²) in [4.78, 5) is 2.46. The molecule has 5 rings (SSSR count). The molecule has 1 aliphatic heterocycles. The predicted molar refractivity (Wildman–Crippen MR) is 160 cm³/mol. The number of rotatable bonds is 12. The van der Waals surface area contributed by atoms with Gasteiger partial charge >= 0.3 is 12.1 Å². The highest BCUT2D eigenvalue weighted by atomic mass is 19.4. The van der Waals surface area contributed by atoms with Crippen molar-refractivity contribution in [3.63, 3.8) is 0 Å². The summed E-state index contributed by atoms with van der Waals surface area (Å²) in [5.41, 5.74) is 0.797. The smallest absolute Gasteiger partial charge is 0.453 e. The van der Waals surface area contributed by atoms with E-state index in [-0.39, 0.29) is 29.9 Å². The van der Waals surface area contributed by atoms with Crippen molar-refractivity contribution in [1.82, 2.24) is 4.90 Å². The summed E-state index contributed by atoms with van der Waals surface area (Å²) in [5.74, 6) is -3.83. The van der Waals surface area contributed by atoms with Crippen LogP contribution in [-0.4, -0.2) is 58.1 Å². The number of likely N-dealkylation sites (tertiary alicyclic amines) is 1. The van der Waals surface area contributed by atoms with Crippen molar-refractivity contribution in [3.05, 3.63) is 29.3 Å². The SMILES string of the molecule is C[C@]12C[C@H](F)[C@@H]3c4ccc(O)cc4C[C@@H](CCCCCN4CCC[C@H]4CCCCCC(F)(F)C(F)(F)F)[C@H]3[C@@H]1CC[C@@]2(C)O. The van der Waals surface area contributed by atoms with Gasteiger partial charge in [-0.05, 0) is 125 Å². The van der Waals surface area contributed by atoms with Gasteiger partial charge in [0.1, 0.15) is 11.9 Å². The van der Waals surface area contributed by atoms with Crippen molar-refractivity contribution in [3.8, 4) is 5.75 Å². The Labute approximate surface area is 258 Å². The van der Waals surface area contributed by atoms with E-state index in [2.05, 4.69) is 11.8 Å². The van der Waals surface area contributed by atoms with Crippen LogP contribution in [0.4, 0.5) is 26.3 Å². The van der Waals surface area contributed by atoms with Gasteiger partial charge in [0, 0.05) is 23.8 Å². The molecule has 2 saturated carbocycles. The first-order chi connectivity index (χ1) is 20.6. The minimum Gasteiger partial charge on any atom is -0.508 e. The maximum atomic E-state index is 16.1. The lowest BCUT2D eigenvalue weighted by Crippen LogP contribution is -2.54. The Morgan fingerprint density at radius 2 is 1.68 bits per heavy atom. The van der Waals surface area contributed by atoms with Gasteiger partial charge in [0.2, 0.25) is 0 Å². The van der Waals surface area contributed by atoms with E-state index in [0.29, 0.717) is 37.6 Å². The number of aromatic hydroxyl groups is 1. The zero-order valence-corrected chi connectivity index (χ0v) is 26.3. The number of fused-ring (bicyclic) bond motifs is 5. The Kier molecular flexibility index (Phi) is 9.98. The molecule has 0 unspecified atom stereocenters. The van der Waals surface area contributed by atoms with Gasteiger partial charge in [-0.15, -0.1) is 0 Å². The molecular formula is C35H51F6NO2. The van der Waals surface area contributed by atoms with Crippen LogP contribution in [0.3, 0.4) is 0 Å². The third kappa shape index (κ3) is 6.65. The van der Waals surface area contributed by atoms with Crippen LogP contribution >= 0.6 is 0 Å². The maximum absolute atomic E-state index is 16.1. The number of aliphatic hydroxyl groups is 1. The Morgan fingerprint density at radius 3 is 2.43 bits per heavy atom. The van der Waals surface area contributed by atoms with Crippen LogP contribution in [0.15, 0.2) is 18.2 Å². The van der Waals surface area contributed by atoms with Crippen LogP contribution < -0.4 is 0 Å². The van der Waals surface area contributed by atoms with Crippen molar-refractivity contribution in [2.75, 3.05) is 13.1 Å². The van der Waals surface area contributed by atoms with Gasteiger partial charge in [-0.1, -0.05) is 38.7 Å². The van der Waals surface area contributed by atoms with Crippen molar-refractivity contribution in [1.29, 1.82) is 0 Å². The van der Waals surface area contributed by atoms with Gasteiger partial charge in [0.25, 0.3) is 0 Å². The van der Waals surface area contributed by atoms with Crippen LogP contribution in [0.2, 0.25) is 0 Å². The van der Waals surface area contributed by atoms with Crippen molar-refractivity contribution in [2.45, 2.75) is 146 Å². The number of nitrogens with zero attached hydrogens (tertiary/aromatic N) is 1. The van der Waals surface area contributed by atoms with Gasteiger partial charge in [-0.2, -0.15) is 22.0 Å². The van der Waals surface area contributed by atoms with Gasteiger partial charge < -0.3 is 15.1 Å². The van der Waals surface area contributed by atoms with E-state index < -0.39 is 35.7 Å². The van der Waals surface area contributed by atoms with E-state index in [1.807, 2.05) is 19.1 Å². The highest BCUT2D eigenvalue weighted by molar-refractivity contribution is 5.41. The third-order valence-corrected chi connectivity index (χ3v) is 12.4. The molecule has 0 spiro atoms. The molecule has 1 aromatic rings. The van der Waals surface area contributed by atoms with Crippen LogP contribution in [0.1, 0.15) is 121 Å². The van der Waals surface area contributed by atoms with Crippen molar-refractivity contribution in [2.24, 2.45) is 23.2 Å². The average Bonchev–Trinajstić information content (AvgIpc) is 3.47. The topological polar surface area (TPSA) is 43.7 Å². The Bertz CT molecular complexity index is 1120. The summed E-state index contributed by atoms with van der Waals surface area (Å²) in [5, 5.41) is 21.5. The molecule has 0 radical (unpaired) electrons. The molecule has 8 atom stereocenters. The highest BCUT2D eigenvalue weighted by Crippen LogP contribution is 2.66. The number of phenolic OH excluding ortho intramolecular Hbond substituents is 1. The summed E-state index contributed by atoms with van der Waals surface area (Å²) in [6.07, 6.45) is 3.21. The van der Waals surface area contributed by atoms with Crippen molar-refractivity contribution < 1.29 is 36.6 Å². The standard InChI is InChI=1S/C35H51F6NO2/c1-32-22-29(36)31-27-14-13-26(43)21-24(27)20-23(30(31)28(32)15-17-33(32,2)44)10-5-4-8-18-42-19-9-12-25(42)11-6-3-7-16-34(37,38)35(39,40)41/h13-14,21,23,25,28-31,43-44H,3-12,15-20,22H2,1-2H3/t23-,25-,28+,29+,30+,31+,32+,33-/m1/s1. The van der Waals surface area contributed by atoms with Crippen LogP contribution in [-0.2, 0) is 6.42 Å². The third-order valence-electron chi connectivity index (χ3n) is 12.4. The number of hydrogen-bond donors (Lipinski definition) is 2. The lowest BCUT2D eigenvalue weighted by Gasteiger charge is -2.56. The maximum Gasteiger partial charge on any atom is 0.453 e. The molecule has 2 N–H and O–H groups in total. The minimum absolute atomic E-state index is 0.118. The van der Waals surface area contributed by atoms with E-state index in [4.69, 9.17) is 0 Å². The second-order valence-corrected chi connectivity index (χ2v) is 15.0. The summed E-state index contributed by atoms with van der Waals surface area (Å²) in [7, 11) is 0. The summed E-state index contributed by atoms with van der Waals surface area (Å²) < 4.78 is 79.6. The molecule has 1 heterocycles. The highest BCUT2D eigenvalue weighted by Gasteiger charge is 2.63. The van der Waals surface area contributed by atoms with E-state index in [1.54, 1.807) is 6.07 Å². The molecule has 3 nitrogen and oxygen atoms in total. The summed E-state index contributed by atoms with van der Waals surface area (Å²) >= 11 is 0. The molecule has 4 aliphatic rings. The van der Waals surface area contributed by atoms with Crippen LogP contribution in [0, 0.1) is 23.2 Å². The summed E-state index contributed by atoms with van der Waals surface area (Å²) in [6.45, 7) is 5.95. The number of unbranched alkanes of at least 4 members (excludes halogenated alkanes) is 4. The molecule has 1 saturated heterocycles. The number of hydrogen-bond acceptors (Lipinski definition) is 3. The fraction of sp³-hybridized carbons (Fsp3) is 0.829. The molecule has 3 aliphatic carbocycles. The van der Waals surface area contributed by atoms with Gasteiger partial charge in [-0.25, -0.2) is 4.39 Å². The normalized spacial score (nSPS) is 35.8. The fourth-order valence-electron chi connectivity index (χ4n) is 9.74. The van der Waals surface area contributed by atoms with Crippen molar-refractivity contribution >= 4 is 0 Å². The lowest BCUT2D eigenvalue weighted by molar-refractivity contribution is -0.284. The van der Waals surface area contributed by atoms with Gasteiger partial charge in [0.05, 0.1) is 5.60 Å². The molecular weight excluding hydrogens is 580 g/mol. The first-order valence-corrected chi connectivity index (χ1v) is 17.0. The quantitative estimate of drug-likeness (QED) is 0.179. The monoisotopic (exact) mass is 631 g/mol. The Balaban J connectivity index is 1.12. The average molecular weight is 632 g/mol. The van der Waals surface area contributed by atoms with E-state index in [9.17, 15) is 32.2 Å². The van der Waals surface area contributed by atoms with Gasteiger partial charge in [0.15, 0.2) is 0 Å². The fourth-order valence-corrected chi connectivity index (χ4v) is 9.74. The van der Waals surface area contributed by atoms with E-state index in [1.165, 1.54) is 0 Å². The molecule has 0 amide bonds. The molecule has 1 aromatic carbocycles. The molecule has 0 aromatic heterocycles. The van der Waals surface area contributed by atoms with E-state index >= 15 is 4.39 Å². The summed E-state index contributed by atoms with van der Waals surface area (Å²) in [6, 6.07) is 5.79. The predicted octanol–water partition coefficient (Wildman–Crippen LogP) is 9.35. The Hall–Kier alpha value is -1.48. The Morgan fingerprint density at radius 1 is 0.955 bits per heavy atom. The van der Waals surface area contributed by atoms with Crippen LogP contribution in [0.5, 0.6) is 5.75 Å². The first-order valence-electron chi connectivity index (χ1n) is 17.0.